The number of Topliss-reactive ketones (excluding diaryl/α,β-unsaturated/α-hetero) is 1. The topological polar surface area (TPSA) is 60.2 Å². The number of benzene rings is 2. The van der Waals surface area contributed by atoms with E-state index in [1.165, 1.54) is 40.9 Å². The van der Waals surface area contributed by atoms with Crippen molar-refractivity contribution in [2.24, 2.45) is 0 Å². The Kier molecular flexibility index (Phi) is 5.48. The van der Waals surface area contributed by atoms with Gasteiger partial charge in [0.2, 0.25) is 0 Å². The molecule has 32 heavy (non-hydrogen) atoms. The van der Waals surface area contributed by atoms with E-state index in [1.807, 2.05) is 22.6 Å². The number of fused-ring (bicyclic) bond motifs is 3. The van der Waals surface area contributed by atoms with Crippen molar-refractivity contribution < 1.29 is 9.18 Å². The zero-order chi connectivity index (χ0) is 22.2. The molecule has 0 radical (unpaired) electrons. The molecular weight excluding hydrogens is 443 g/mol. The molecule has 5 rings (SSSR count). The Morgan fingerprint density at radius 3 is 2.56 bits per heavy atom. The number of thiophene rings is 1. The average molecular weight is 463 g/mol. The van der Waals surface area contributed by atoms with Gasteiger partial charge in [0.05, 0.1) is 11.1 Å². The number of ketones is 1. The van der Waals surface area contributed by atoms with Gasteiger partial charge in [0.1, 0.15) is 16.5 Å². The van der Waals surface area contributed by atoms with Crippen LogP contribution in [-0.2, 0) is 6.42 Å². The van der Waals surface area contributed by atoms with E-state index in [0.717, 1.165) is 32.8 Å². The van der Waals surface area contributed by atoms with Crippen molar-refractivity contribution in [1.29, 1.82) is 0 Å². The molecule has 0 saturated carbocycles. The molecule has 2 aromatic carbocycles. The highest BCUT2D eigenvalue weighted by molar-refractivity contribution is 7.99. The Labute approximate surface area is 192 Å². The van der Waals surface area contributed by atoms with E-state index in [2.05, 4.69) is 36.2 Å². The Balaban J connectivity index is 1.56. The summed E-state index contributed by atoms with van der Waals surface area (Å²) in [7, 11) is 0. The highest BCUT2D eigenvalue weighted by atomic mass is 32.2. The normalized spacial score (nSPS) is 11.5. The first-order valence-electron chi connectivity index (χ1n) is 10.1. The van der Waals surface area contributed by atoms with Crippen molar-refractivity contribution in [3.05, 3.63) is 87.8 Å². The fourth-order valence-electron chi connectivity index (χ4n) is 3.62. The van der Waals surface area contributed by atoms with Crippen molar-refractivity contribution in [2.45, 2.75) is 25.4 Å². The molecule has 0 fully saturated rings. The molecule has 0 atom stereocenters. The van der Waals surface area contributed by atoms with Gasteiger partial charge in [-0.1, -0.05) is 42.1 Å². The standard InChI is InChI=1S/C24H19FN4OS2/c1-14-15(2)32-23-21(14)22-27-28-24(31-13-19(30)17-8-10-18(25)11-9-17)29(22)20(26-23)12-16-6-4-3-5-7-16/h3-11H,12-13H2,1-2H3. The summed E-state index contributed by atoms with van der Waals surface area (Å²) < 4.78 is 15.1. The summed E-state index contributed by atoms with van der Waals surface area (Å²) in [6, 6.07) is 15.7. The first-order chi connectivity index (χ1) is 15.5. The second kappa shape index (κ2) is 8.44. The van der Waals surface area contributed by atoms with Crippen LogP contribution in [0.25, 0.3) is 15.9 Å². The van der Waals surface area contributed by atoms with Crippen LogP contribution in [0, 0.1) is 19.7 Å². The van der Waals surface area contributed by atoms with Gasteiger partial charge in [-0.2, -0.15) is 0 Å². The molecule has 0 saturated heterocycles. The molecule has 5 aromatic rings. The van der Waals surface area contributed by atoms with E-state index in [9.17, 15) is 9.18 Å². The fraction of sp³-hybridized carbons (Fsp3) is 0.167. The highest BCUT2D eigenvalue weighted by Gasteiger charge is 2.20. The maximum absolute atomic E-state index is 13.2. The summed E-state index contributed by atoms with van der Waals surface area (Å²) in [6.07, 6.45) is 0.626. The van der Waals surface area contributed by atoms with Crippen LogP contribution in [-0.4, -0.2) is 31.1 Å². The maximum atomic E-state index is 13.2. The molecule has 0 aliphatic heterocycles. The van der Waals surface area contributed by atoms with E-state index in [-0.39, 0.29) is 17.4 Å². The summed E-state index contributed by atoms with van der Waals surface area (Å²) in [4.78, 5) is 19.7. The molecule has 5 nitrogen and oxygen atoms in total. The van der Waals surface area contributed by atoms with Gasteiger partial charge in [-0.3, -0.25) is 9.20 Å². The number of aryl methyl sites for hydroxylation is 2. The second-order valence-electron chi connectivity index (χ2n) is 7.51. The van der Waals surface area contributed by atoms with Crippen molar-refractivity contribution in [1.82, 2.24) is 19.6 Å². The molecule has 0 bridgehead atoms. The molecule has 0 unspecified atom stereocenters. The van der Waals surface area contributed by atoms with Crippen LogP contribution in [0.3, 0.4) is 0 Å². The lowest BCUT2D eigenvalue weighted by Gasteiger charge is -2.08. The van der Waals surface area contributed by atoms with Gasteiger partial charge < -0.3 is 0 Å². The lowest BCUT2D eigenvalue weighted by molar-refractivity contribution is 0.102. The van der Waals surface area contributed by atoms with Crippen LogP contribution in [0.15, 0.2) is 59.8 Å². The number of hydrogen-bond donors (Lipinski definition) is 0. The number of thioether (sulfide) groups is 1. The number of carbonyl (C=O) groups excluding carboxylic acids is 1. The first-order valence-corrected chi connectivity index (χ1v) is 11.9. The molecule has 3 heterocycles. The van der Waals surface area contributed by atoms with E-state index in [0.29, 0.717) is 17.1 Å². The number of rotatable bonds is 6. The number of nitrogens with zero attached hydrogens (tertiary/aromatic N) is 4. The lowest BCUT2D eigenvalue weighted by atomic mass is 10.1. The third-order valence-corrected chi connectivity index (χ3v) is 7.45. The average Bonchev–Trinajstić information content (AvgIpc) is 3.34. The zero-order valence-corrected chi connectivity index (χ0v) is 19.1. The van der Waals surface area contributed by atoms with E-state index in [1.54, 1.807) is 11.3 Å². The monoisotopic (exact) mass is 462 g/mol. The minimum Gasteiger partial charge on any atom is -0.293 e. The minimum absolute atomic E-state index is 0.0899. The minimum atomic E-state index is -0.361. The van der Waals surface area contributed by atoms with Crippen LogP contribution in [0.5, 0.6) is 0 Å². The van der Waals surface area contributed by atoms with Crippen molar-refractivity contribution in [3.63, 3.8) is 0 Å². The van der Waals surface area contributed by atoms with E-state index >= 15 is 0 Å². The molecule has 8 heteroatoms. The van der Waals surface area contributed by atoms with E-state index in [4.69, 9.17) is 4.98 Å². The van der Waals surface area contributed by atoms with Crippen molar-refractivity contribution in [3.8, 4) is 0 Å². The maximum Gasteiger partial charge on any atom is 0.197 e. The predicted octanol–water partition coefficient (Wildman–Crippen LogP) is 5.66. The lowest BCUT2D eigenvalue weighted by Crippen LogP contribution is -2.06. The number of carbonyl (C=O) groups is 1. The number of aromatic nitrogens is 4. The molecule has 0 aliphatic carbocycles. The SMILES string of the molecule is Cc1sc2nc(Cc3ccccc3)n3c(SCC(=O)c4ccc(F)cc4)nnc3c2c1C. The largest absolute Gasteiger partial charge is 0.293 e. The van der Waals surface area contributed by atoms with Crippen LogP contribution in [0.2, 0.25) is 0 Å². The fourth-order valence-corrected chi connectivity index (χ4v) is 5.51. The summed E-state index contributed by atoms with van der Waals surface area (Å²) in [6.45, 7) is 4.16. The Bertz CT molecular complexity index is 1440. The Hall–Kier alpha value is -3.10. The molecule has 160 valence electrons. The number of hydrogen-bond acceptors (Lipinski definition) is 6. The van der Waals surface area contributed by atoms with Gasteiger partial charge in [0.15, 0.2) is 16.6 Å². The zero-order valence-electron chi connectivity index (χ0n) is 17.5. The van der Waals surface area contributed by atoms with Gasteiger partial charge in [0, 0.05) is 16.9 Å². The molecule has 0 spiro atoms. The van der Waals surface area contributed by atoms with Gasteiger partial charge in [-0.15, -0.1) is 21.5 Å². The second-order valence-corrected chi connectivity index (χ2v) is 9.66. The van der Waals surface area contributed by atoms with Gasteiger partial charge >= 0.3 is 0 Å². The first kappa shape index (κ1) is 20.8. The van der Waals surface area contributed by atoms with Gasteiger partial charge in [0.25, 0.3) is 0 Å². The molecular formula is C24H19FN4OS2. The van der Waals surface area contributed by atoms with Crippen LogP contribution in [0.1, 0.15) is 32.2 Å². The molecule has 0 aliphatic rings. The summed E-state index contributed by atoms with van der Waals surface area (Å²) in [5, 5.41) is 10.5. The van der Waals surface area contributed by atoms with Gasteiger partial charge in [-0.25, -0.2) is 9.37 Å². The Morgan fingerprint density at radius 1 is 1.06 bits per heavy atom. The van der Waals surface area contributed by atoms with Crippen LogP contribution < -0.4 is 0 Å². The van der Waals surface area contributed by atoms with E-state index < -0.39 is 0 Å². The summed E-state index contributed by atoms with van der Waals surface area (Å²) in [5.74, 6) is 0.561. The Morgan fingerprint density at radius 2 is 1.81 bits per heavy atom. The quantitative estimate of drug-likeness (QED) is 0.241. The predicted molar refractivity (Wildman–Crippen MR) is 126 cm³/mol. The smallest absolute Gasteiger partial charge is 0.197 e. The third kappa shape index (κ3) is 3.80. The molecule has 0 amide bonds. The van der Waals surface area contributed by atoms with Crippen molar-refractivity contribution in [2.75, 3.05) is 5.75 Å². The summed E-state index contributed by atoms with van der Waals surface area (Å²) in [5.41, 5.74) is 3.53. The number of halogens is 1. The third-order valence-electron chi connectivity index (χ3n) is 5.42. The highest BCUT2D eigenvalue weighted by Crippen LogP contribution is 2.34. The van der Waals surface area contributed by atoms with Crippen molar-refractivity contribution >= 4 is 44.7 Å². The van der Waals surface area contributed by atoms with Gasteiger partial charge in [-0.05, 0) is 49.2 Å². The molecule has 3 aromatic heterocycles. The van der Waals surface area contributed by atoms with Crippen LogP contribution in [0.4, 0.5) is 4.39 Å². The summed E-state index contributed by atoms with van der Waals surface area (Å²) >= 11 is 2.98. The molecule has 0 N–H and O–H groups in total. The van der Waals surface area contributed by atoms with Crippen LogP contribution >= 0.6 is 23.1 Å².